The van der Waals surface area contributed by atoms with Crippen molar-refractivity contribution in [3.63, 3.8) is 0 Å². The lowest BCUT2D eigenvalue weighted by atomic mass is 9.70. The highest BCUT2D eigenvalue weighted by atomic mass is 32.2. The van der Waals surface area contributed by atoms with Crippen LogP contribution in [0.15, 0.2) is 4.40 Å². The van der Waals surface area contributed by atoms with Crippen molar-refractivity contribution >= 4 is 15.7 Å². The SMILES string of the molecule is CC1(C)[C@@H]2CC[C@@]13CS(=O)(=O)N=C3C2. The molecule has 3 nitrogen and oxygen atoms in total. The highest BCUT2D eigenvalue weighted by molar-refractivity contribution is 7.90. The van der Waals surface area contributed by atoms with Gasteiger partial charge in [-0.25, -0.2) is 8.42 Å². The predicted molar refractivity (Wildman–Crippen MR) is 54.8 cm³/mol. The van der Waals surface area contributed by atoms with E-state index in [2.05, 4.69) is 18.2 Å². The highest BCUT2D eigenvalue weighted by Crippen LogP contribution is 2.66. The summed E-state index contributed by atoms with van der Waals surface area (Å²) in [7, 11) is -3.13. The molecule has 0 saturated heterocycles. The van der Waals surface area contributed by atoms with Crippen molar-refractivity contribution in [1.82, 2.24) is 0 Å². The van der Waals surface area contributed by atoms with Crippen LogP contribution in [0.3, 0.4) is 0 Å². The second-order valence-electron chi connectivity index (χ2n) is 5.51. The van der Waals surface area contributed by atoms with Crippen molar-refractivity contribution in [1.29, 1.82) is 0 Å². The zero-order chi connectivity index (χ0) is 10.2. The van der Waals surface area contributed by atoms with Crippen LogP contribution in [0, 0.1) is 16.7 Å². The zero-order valence-corrected chi connectivity index (χ0v) is 9.39. The van der Waals surface area contributed by atoms with Crippen molar-refractivity contribution in [3.05, 3.63) is 0 Å². The van der Waals surface area contributed by atoms with Gasteiger partial charge in [0.2, 0.25) is 0 Å². The summed E-state index contributed by atoms with van der Waals surface area (Å²) in [6, 6.07) is 0. The summed E-state index contributed by atoms with van der Waals surface area (Å²) in [5.41, 5.74) is 1.05. The van der Waals surface area contributed by atoms with Crippen LogP contribution in [0.1, 0.15) is 33.1 Å². The van der Waals surface area contributed by atoms with E-state index in [9.17, 15) is 8.42 Å². The van der Waals surface area contributed by atoms with Gasteiger partial charge in [-0.15, -0.1) is 0 Å². The molecular weight excluding hydrogens is 198 g/mol. The molecule has 2 saturated carbocycles. The van der Waals surface area contributed by atoms with Crippen molar-refractivity contribution in [3.8, 4) is 0 Å². The molecule has 0 unspecified atom stereocenters. The third kappa shape index (κ3) is 0.757. The molecule has 2 aliphatic carbocycles. The molecule has 0 radical (unpaired) electrons. The number of nitrogens with zero attached hydrogens (tertiary/aromatic N) is 1. The standard InChI is InChI=1S/C10H15NO2S/c1-9(2)7-3-4-10(9)6-14(12,13)11-8(10)5-7/h7H,3-6H2,1-2H3/t7-,10+/m1/s1. The fourth-order valence-electron chi connectivity index (χ4n) is 3.77. The van der Waals surface area contributed by atoms with E-state index >= 15 is 0 Å². The lowest BCUT2D eigenvalue weighted by Gasteiger charge is -2.34. The maximum Gasteiger partial charge on any atom is 0.254 e. The second-order valence-corrected chi connectivity index (χ2v) is 7.14. The van der Waals surface area contributed by atoms with Gasteiger partial charge in [0, 0.05) is 11.1 Å². The summed E-state index contributed by atoms with van der Waals surface area (Å²) in [5, 5.41) is 0. The first-order valence-electron chi connectivity index (χ1n) is 5.19. The monoisotopic (exact) mass is 213 g/mol. The van der Waals surface area contributed by atoms with Gasteiger partial charge in [0.15, 0.2) is 0 Å². The van der Waals surface area contributed by atoms with Gasteiger partial charge in [-0.2, -0.15) is 4.40 Å². The normalized spacial score (nSPS) is 46.4. The second kappa shape index (κ2) is 2.08. The third-order valence-corrected chi connectivity index (χ3v) is 6.20. The Bertz CT molecular complexity index is 435. The van der Waals surface area contributed by atoms with Crippen LogP contribution in [-0.4, -0.2) is 19.9 Å². The Kier molecular flexibility index (Phi) is 1.32. The first kappa shape index (κ1) is 8.89. The molecule has 0 amide bonds. The molecule has 1 heterocycles. The third-order valence-electron chi connectivity index (χ3n) is 4.84. The summed E-state index contributed by atoms with van der Waals surface area (Å²) in [6.07, 6.45) is 3.14. The van der Waals surface area contributed by atoms with E-state index in [0.29, 0.717) is 5.92 Å². The van der Waals surface area contributed by atoms with Crippen molar-refractivity contribution in [2.75, 3.05) is 5.75 Å². The molecule has 2 bridgehead atoms. The smallest absolute Gasteiger partial charge is 0.205 e. The molecular formula is C10H15NO2S. The first-order chi connectivity index (χ1) is 6.37. The summed E-state index contributed by atoms with van der Waals surface area (Å²) in [5.74, 6) is 0.940. The van der Waals surface area contributed by atoms with Crippen LogP contribution in [0.25, 0.3) is 0 Å². The van der Waals surface area contributed by atoms with Crippen molar-refractivity contribution < 1.29 is 8.42 Å². The van der Waals surface area contributed by atoms with Gasteiger partial charge in [0.1, 0.15) is 0 Å². The molecule has 2 fully saturated rings. The average Bonchev–Trinajstić information content (AvgIpc) is 2.50. The molecule has 4 heteroatoms. The fourth-order valence-corrected chi connectivity index (χ4v) is 5.73. The van der Waals surface area contributed by atoms with Gasteiger partial charge in [-0.1, -0.05) is 13.8 Å². The Morgan fingerprint density at radius 3 is 2.71 bits per heavy atom. The molecule has 1 aliphatic heterocycles. The molecule has 14 heavy (non-hydrogen) atoms. The van der Waals surface area contributed by atoms with E-state index in [0.717, 1.165) is 18.6 Å². The summed E-state index contributed by atoms with van der Waals surface area (Å²) in [4.78, 5) is 0. The Morgan fingerprint density at radius 1 is 1.43 bits per heavy atom. The molecule has 0 aromatic heterocycles. The zero-order valence-electron chi connectivity index (χ0n) is 8.58. The van der Waals surface area contributed by atoms with Gasteiger partial charge in [0.25, 0.3) is 10.0 Å². The highest BCUT2D eigenvalue weighted by Gasteiger charge is 2.66. The number of fused-ring (bicyclic) bond motifs is 1. The van der Waals surface area contributed by atoms with Crippen LogP contribution in [-0.2, 0) is 10.0 Å². The van der Waals surface area contributed by atoms with E-state index in [1.165, 1.54) is 6.42 Å². The van der Waals surface area contributed by atoms with E-state index in [1.807, 2.05) is 0 Å². The molecule has 2 atom stereocenters. The van der Waals surface area contributed by atoms with E-state index in [-0.39, 0.29) is 16.6 Å². The maximum absolute atomic E-state index is 11.5. The molecule has 0 aromatic carbocycles. The fraction of sp³-hybridized carbons (Fsp3) is 0.900. The minimum Gasteiger partial charge on any atom is -0.205 e. The molecule has 0 N–H and O–H groups in total. The summed E-state index contributed by atoms with van der Waals surface area (Å²) < 4.78 is 27.0. The number of hydrogen-bond acceptors (Lipinski definition) is 2. The Labute approximate surface area is 84.7 Å². The molecule has 1 spiro atoms. The largest absolute Gasteiger partial charge is 0.254 e. The Hall–Kier alpha value is -0.380. The minimum atomic E-state index is -3.13. The van der Waals surface area contributed by atoms with E-state index in [4.69, 9.17) is 0 Å². The minimum absolute atomic E-state index is 0.0868. The van der Waals surface area contributed by atoms with E-state index < -0.39 is 10.0 Å². The molecule has 78 valence electrons. The molecule has 3 aliphatic rings. The Balaban J connectivity index is 2.22. The first-order valence-corrected chi connectivity index (χ1v) is 6.80. The summed E-state index contributed by atoms with van der Waals surface area (Å²) >= 11 is 0. The van der Waals surface area contributed by atoms with Crippen LogP contribution >= 0.6 is 0 Å². The van der Waals surface area contributed by atoms with Gasteiger partial charge in [-0.05, 0) is 30.6 Å². The van der Waals surface area contributed by atoms with Crippen LogP contribution < -0.4 is 0 Å². The summed E-state index contributed by atoms with van der Waals surface area (Å²) in [6.45, 7) is 4.43. The lowest BCUT2D eigenvalue weighted by Crippen LogP contribution is -2.37. The lowest BCUT2D eigenvalue weighted by molar-refractivity contribution is 0.198. The Morgan fingerprint density at radius 2 is 2.14 bits per heavy atom. The van der Waals surface area contributed by atoms with E-state index in [1.54, 1.807) is 0 Å². The molecule has 0 aromatic rings. The predicted octanol–water partition coefficient (Wildman–Crippen LogP) is 1.60. The average molecular weight is 213 g/mol. The van der Waals surface area contributed by atoms with Gasteiger partial charge >= 0.3 is 0 Å². The maximum atomic E-state index is 11.5. The quantitative estimate of drug-likeness (QED) is 0.613. The van der Waals surface area contributed by atoms with Crippen LogP contribution in [0.2, 0.25) is 0 Å². The van der Waals surface area contributed by atoms with Crippen molar-refractivity contribution in [2.45, 2.75) is 33.1 Å². The number of sulfonamides is 1. The van der Waals surface area contributed by atoms with Crippen LogP contribution in [0.5, 0.6) is 0 Å². The topological polar surface area (TPSA) is 46.5 Å². The number of rotatable bonds is 0. The van der Waals surface area contributed by atoms with Gasteiger partial charge < -0.3 is 0 Å². The van der Waals surface area contributed by atoms with Crippen molar-refractivity contribution in [2.24, 2.45) is 21.1 Å². The van der Waals surface area contributed by atoms with Gasteiger partial charge in [-0.3, -0.25) is 0 Å². The van der Waals surface area contributed by atoms with Crippen LogP contribution in [0.4, 0.5) is 0 Å². The number of hydrogen-bond donors (Lipinski definition) is 0. The van der Waals surface area contributed by atoms with Gasteiger partial charge in [0.05, 0.1) is 5.75 Å². The molecule has 3 rings (SSSR count).